The van der Waals surface area contributed by atoms with Gasteiger partial charge >= 0.3 is 0 Å². The van der Waals surface area contributed by atoms with Crippen molar-refractivity contribution in [2.75, 3.05) is 19.5 Å². The molecule has 0 unspecified atom stereocenters. The number of nitrogens with zero attached hydrogens (tertiary/aromatic N) is 2. The molecule has 1 aromatic heterocycles. The van der Waals surface area contributed by atoms with Gasteiger partial charge in [0, 0.05) is 48.7 Å². The summed E-state index contributed by atoms with van der Waals surface area (Å²) in [5.41, 5.74) is 3.02. The molecule has 0 aliphatic rings. The summed E-state index contributed by atoms with van der Waals surface area (Å²) in [5.74, 6) is 1.40. The van der Waals surface area contributed by atoms with E-state index in [4.69, 9.17) is 21.7 Å². The van der Waals surface area contributed by atoms with E-state index >= 15 is 0 Å². The van der Waals surface area contributed by atoms with Gasteiger partial charge in [0.2, 0.25) is 0 Å². The van der Waals surface area contributed by atoms with Crippen molar-refractivity contribution in [3.8, 4) is 11.5 Å². The van der Waals surface area contributed by atoms with Crippen LogP contribution in [0.5, 0.6) is 11.5 Å². The molecule has 0 fully saturated rings. The molecule has 0 spiro atoms. The average Bonchev–Trinajstić information content (AvgIpc) is 2.84. The molecule has 2 rings (SSSR count). The van der Waals surface area contributed by atoms with Crippen LogP contribution in [0.2, 0.25) is 0 Å². The molecule has 1 aromatic carbocycles. The van der Waals surface area contributed by atoms with Crippen LogP contribution in [0, 0.1) is 6.92 Å². The summed E-state index contributed by atoms with van der Waals surface area (Å²) < 4.78 is 12.3. The minimum Gasteiger partial charge on any atom is -0.497 e. The Morgan fingerprint density at radius 2 is 1.86 bits per heavy atom. The third-order valence-corrected chi connectivity index (χ3v) is 3.63. The van der Waals surface area contributed by atoms with Gasteiger partial charge in [-0.05, 0) is 19.1 Å². The van der Waals surface area contributed by atoms with Crippen LogP contribution < -0.4 is 20.1 Å². The van der Waals surface area contributed by atoms with Crippen molar-refractivity contribution >= 4 is 23.0 Å². The molecule has 7 heteroatoms. The summed E-state index contributed by atoms with van der Waals surface area (Å²) in [6.45, 7) is 2.64. The maximum absolute atomic E-state index is 5.31. The molecule has 0 atom stereocenters. The molecule has 6 nitrogen and oxygen atoms in total. The fourth-order valence-electron chi connectivity index (χ4n) is 1.95. The van der Waals surface area contributed by atoms with E-state index in [1.54, 1.807) is 20.3 Å². The second-order valence-electron chi connectivity index (χ2n) is 4.79. The lowest BCUT2D eigenvalue weighted by Crippen LogP contribution is -2.28. The van der Waals surface area contributed by atoms with Gasteiger partial charge in [-0.15, -0.1) is 0 Å². The average molecular weight is 320 g/mol. The Labute approximate surface area is 135 Å². The zero-order chi connectivity index (χ0) is 16.1. The molecular weight excluding hydrogens is 300 g/mol. The summed E-state index contributed by atoms with van der Waals surface area (Å²) in [4.78, 5) is 0. The van der Waals surface area contributed by atoms with E-state index in [0.29, 0.717) is 23.2 Å². The first-order valence-electron chi connectivity index (χ1n) is 6.79. The maximum atomic E-state index is 5.31. The Morgan fingerprint density at radius 3 is 2.36 bits per heavy atom. The Hall–Kier alpha value is -2.28. The van der Waals surface area contributed by atoms with Crippen LogP contribution in [0.3, 0.4) is 0 Å². The quantitative estimate of drug-likeness (QED) is 0.824. The first kappa shape index (κ1) is 16.1. The first-order chi connectivity index (χ1) is 10.5. The van der Waals surface area contributed by atoms with E-state index < -0.39 is 0 Å². The van der Waals surface area contributed by atoms with Gasteiger partial charge in [-0.3, -0.25) is 4.68 Å². The highest BCUT2D eigenvalue weighted by Gasteiger charge is 2.06. The number of thiocarbonyl (C=S) groups is 1. The molecular formula is C15H20N4O2S. The van der Waals surface area contributed by atoms with Crippen molar-refractivity contribution in [2.45, 2.75) is 13.5 Å². The molecule has 0 bridgehead atoms. The lowest BCUT2D eigenvalue weighted by molar-refractivity contribution is 0.395. The summed E-state index contributed by atoms with van der Waals surface area (Å²) >= 11 is 5.31. The smallest absolute Gasteiger partial charge is 0.171 e. The summed E-state index contributed by atoms with van der Waals surface area (Å²) in [6.07, 6.45) is 1.83. The zero-order valence-electron chi connectivity index (χ0n) is 13.1. The van der Waals surface area contributed by atoms with Crippen LogP contribution in [0.15, 0.2) is 24.4 Å². The van der Waals surface area contributed by atoms with Crippen molar-refractivity contribution in [1.82, 2.24) is 15.1 Å². The SMILES string of the molecule is COc1cc(NC(=S)NCc2cnn(C)c2C)cc(OC)c1. The fourth-order valence-corrected chi connectivity index (χ4v) is 2.14. The molecule has 0 saturated heterocycles. The van der Waals surface area contributed by atoms with Gasteiger partial charge in [-0.1, -0.05) is 0 Å². The number of methoxy groups -OCH3 is 2. The standard InChI is InChI=1S/C15H20N4O2S/c1-10-11(9-17-19(10)2)8-16-15(22)18-12-5-13(20-3)7-14(6-12)21-4/h5-7,9H,8H2,1-4H3,(H2,16,18,22). The van der Waals surface area contributed by atoms with E-state index in [1.165, 1.54) is 0 Å². The minimum atomic E-state index is 0.526. The molecule has 1 heterocycles. The van der Waals surface area contributed by atoms with Crippen molar-refractivity contribution < 1.29 is 9.47 Å². The van der Waals surface area contributed by atoms with Crippen LogP contribution in [0.1, 0.15) is 11.3 Å². The molecule has 2 N–H and O–H groups in total. The normalized spacial score (nSPS) is 10.2. The molecule has 0 amide bonds. The summed E-state index contributed by atoms with van der Waals surface area (Å²) in [7, 11) is 5.14. The van der Waals surface area contributed by atoms with E-state index in [-0.39, 0.29) is 0 Å². The van der Waals surface area contributed by atoms with Crippen molar-refractivity contribution in [3.63, 3.8) is 0 Å². The zero-order valence-corrected chi connectivity index (χ0v) is 14.0. The predicted octanol–water partition coefficient (Wildman–Crippen LogP) is 2.23. The third-order valence-electron chi connectivity index (χ3n) is 3.39. The number of hydrogen-bond donors (Lipinski definition) is 2. The Bertz CT molecular complexity index is 647. The number of hydrogen-bond acceptors (Lipinski definition) is 4. The molecule has 0 saturated carbocycles. The first-order valence-corrected chi connectivity index (χ1v) is 7.19. The highest BCUT2D eigenvalue weighted by atomic mass is 32.1. The van der Waals surface area contributed by atoms with Gasteiger partial charge in [0.25, 0.3) is 0 Å². The van der Waals surface area contributed by atoms with Crippen molar-refractivity contribution in [3.05, 3.63) is 35.7 Å². The number of rotatable bonds is 5. The minimum absolute atomic E-state index is 0.526. The highest BCUT2D eigenvalue weighted by molar-refractivity contribution is 7.80. The van der Waals surface area contributed by atoms with Gasteiger partial charge in [0.1, 0.15) is 11.5 Å². The Kier molecular flexibility index (Phi) is 5.21. The summed E-state index contributed by atoms with van der Waals surface area (Å²) in [6, 6.07) is 5.51. The van der Waals surface area contributed by atoms with Gasteiger partial charge in [-0.25, -0.2) is 0 Å². The lowest BCUT2D eigenvalue weighted by atomic mass is 10.2. The second kappa shape index (κ2) is 7.13. The van der Waals surface area contributed by atoms with Gasteiger partial charge < -0.3 is 20.1 Å². The molecule has 22 heavy (non-hydrogen) atoms. The molecule has 0 radical (unpaired) electrons. The van der Waals surface area contributed by atoms with Gasteiger partial charge in [0.15, 0.2) is 5.11 Å². The number of aryl methyl sites for hydroxylation is 1. The van der Waals surface area contributed by atoms with Crippen LogP contribution in [-0.2, 0) is 13.6 Å². The van der Waals surface area contributed by atoms with Crippen LogP contribution >= 0.6 is 12.2 Å². The number of anilines is 1. The number of benzene rings is 1. The predicted molar refractivity (Wildman–Crippen MR) is 90.6 cm³/mol. The fraction of sp³-hybridized carbons (Fsp3) is 0.333. The van der Waals surface area contributed by atoms with E-state index in [9.17, 15) is 0 Å². The van der Waals surface area contributed by atoms with E-state index in [0.717, 1.165) is 16.9 Å². The number of nitrogens with one attached hydrogen (secondary N) is 2. The molecule has 118 valence electrons. The van der Waals surface area contributed by atoms with Crippen LogP contribution in [-0.4, -0.2) is 29.1 Å². The van der Waals surface area contributed by atoms with Gasteiger partial charge in [-0.2, -0.15) is 5.10 Å². The third kappa shape index (κ3) is 3.88. The monoisotopic (exact) mass is 320 g/mol. The van der Waals surface area contributed by atoms with Crippen molar-refractivity contribution in [2.24, 2.45) is 7.05 Å². The topological polar surface area (TPSA) is 60.3 Å². The Morgan fingerprint density at radius 1 is 1.23 bits per heavy atom. The maximum Gasteiger partial charge on any atom is 0.171 e. The van der Waals surface area contributed by atoms with Gasteiger partial charge in [0.05, 0.1) is 20.4 Å². The molecule has 2 aromatic rings. The largest absolute Gasteiger partial charge is 0.497 e. The Balaban J connectivity index is 1.98. The van der Waals surface area contributed by atoms with E-state index in [1.807, 2.05) is 37.0 Å². The number of aromatic nitrogens is 2. The number of ether oxygens (including phenoxy) is 2. The van der Waals surface area contributed by atoms with E-state index in [2.05, 4.69) is 15.7 Å². The lowest BCUT2D eigenvalue weighted by Gasteiger charge is -2.12. The molecule has 0 aliphatic heterocycles. The van der Waals surface area contributed by atoms with Crippen LogP contribution in [0.25, 0.3) is 0 Å². The second-order valence-corrected chi connectivity index (χ2v) is 5.20. The summed E-state index contributed by atoms with van der Waals surface area (Å²) in [5, 5.41) is 11.0. The highest BCUT2D eigenvalue weighted by Crippen LogP contribution is 2.25. The molecule has 0 aliphatic carbocycles. The van der Waals surface area contributed by atoms with Crippen molar-refractivity contribution in [1.29, 1.82) is 0 Å². The van der Waals surface area contributed by atoms with Crippen LogP contribution in [0.4, 0.5) is 5.69 Å².